The molecule has 0 aliphatic carbocycles. The first kappa shape index (κ1) is 10.3. The van der Waals surface area contributed by atoms with Gasteiger partial charge in [0, 0.05) is 6.42 Å². The average Bonchev–Trinajstić information content (AvgIpc) is 2.09. The molecule has 0 atom stereocenters. The summed E-state index contributed by atoms with van der Waals surface area (Å²) in [5.74, 6) is 0.243. The molecule has 2 nitrogen and oxygen atoms in total. The fraction of sp³-hybridized carbons (Fsp3) is 0.300. The van der Waals surface area contributed by atoms with Gasteiger partial charge in [0.05, 0.1) is 4.47 Å². The van der Waals surface area contributed by atoms with Gasteiger partial charge >= 0.3 is 0 Å². The third kappa shape index (κ3) is 2.56. The van der Waals surface area contributed by atoms with Gasteiger partial charge in [0.1, 0.15) is 12.0 Å². The second-order valence-electron chi connectivity index (χ2n) is 2.96. The molecule has 0 unspecified atom stereocenters. The van der Waals surface area contributed by atoms with Crippen LogP contribution in [0.4, 0.5) is 0 Å². The Bertz CT molecular complexity index is 321. The van der Waals surface area contributed by atoms with Crippen LogP contribution in [0, 0.1) is 6.92 Å². The Morgan fingerprint density at radius 1 is 1.54 bits per heavy atom. The van der Waals surface area contributed by atoms with E-state index in [-0.39, 0.29) is 5.75 Å². The van der Waals surface area contributed by atoms with E-state index < -0.39 is 0 Å². The number of rotatable bonds is 3. The fourth-order valence-electron chi connectivity index (χ4n) is 1.21. The Morgan fingerprint density at radius 3 is 2.85 bits per heavy atom. The number of phenolic OH excluding ortho intramolecular Hbond substituents is 1. The predicted octanol–water partition coefficient (Wildman–Crippen LogP) is 2.59. The van der Waals surface area contributed by atoms with E-state index in [0.717, 1.165) is 17.4 Å². The maximum atomic E-state index is 10.2. The van der Waals surface area contributed by atoms with Crippen molar-refractivity contribution < 1.29 is 9.90 Å². The lowest BCUT2D eigenvalue weighted by Crippen LogP contribution is -1.89. The van der Waals surface area contributed by atoms with E-state index in [4.69, 9.17) is 0 Å². The number of hydrogen-bond donors (Lipinski definition) is 1. The van der Waals surface area contributed by atoms with Crippen LogP contribution < -0.4 is 0 Å². The summed E-state index contributed by atoms with van der Waals surface area (Å²) in [5.41, 5.74) is 1.89. The van der Waals surface area contributed by atoms with Crippen molar-refractivity contribution in [3.8, 4) is 5.75 Å². The number of carbonyl (C=O) groups excluding carboxylic acids is 1. The zero-order chi connectivity index (χ0) is 9.84. The largest absolute Gasteiger partial charge is 0.506 e. The van der Waals surface area contributed by atoms with Crippen LogP contribution >= 0.6 is 15.9 Å². The summed E-state index contributed by atoms with van der Waals surface area (Å²) in [4.78, 5) is 10.2. The Morgan fingerprint density at radius 2 is 2.23 bits per heavy atom. The molecule has 0 heterocycles. The van der Waals surface area contributed by atoms with Gasteiger partial charge in [-0.2, -0.15) is 0 Å². The van der Waals surface area contributed by atoms with E-state index in [1.165, 1.54) is 0 Å². The van der Waals surface area contributed by atoms with Crippen LogP contribution in [-0.4, -0.2) is 11.4 Å². The van der Waals surface area contributed by atoms with E-state index in [1.807, 2.05) is 19.1 Å². The Labute approximate surface area is 85.7 Å². The van der Waals surface area contributed by atoms with Gasteiger partial charge in [-0.3, -0.25) is 0 Å². The highest BCUT2D eigenvalue weighted by Crippen LogP contribution is 2.29. The first-order valence-electron chi connectivity index (χ1n) is 4.06. The molecule has 1 aromatic carbocycles. The predicted molar refractivity (Wildman–Crippen MR) is 54.9 cm³/mol. The van der Waals surface area contributed by atoms with Gasteiger partial charge in [0.2, 0.25) is 0 Å². The molecule has 1 aromatic rings. The summed E-state index contributed by atoms with van der Waals surface area (Å²) in [7, 11) is 0. The Balaban J connectivity index is 2.98. The minimum Gasteiger partial charge on any atom is -0.506 e. The lowest BCUT2D eigenvalue weighted by molar-refractivity contribution is -0.107. The number of benzene rings is 1. The van der Waals surface area contributed by atoms with Gasteiger partial charge in [-0.1, -0.05) is 6.07 Å². The molecule has 13 heavy (non-hydrogen) atoms. The van der Waals surface area contributed by atoms with Crippen LogP contribution in [-0.2, 0) is 11.2 Å². The summed E-state index contributed by atoms with van der Waals surface area (Å²) in [6.45, 7) is 1.95. The molecule has 0 saturated carbocycles. The molecule has 0 amide bonds. The van der Waals surface area contributed by atoms with E-state index in [9.17, 15) is 9.90 Å². The van der Waals surface area contributed by atoms with E-state index in [1.54, 1.807) is 0 Å². The van der Waals surface area contributed by atoms with Crippen molar-refractivity contribution in [1.82, 2.24) is 0 Å². The standard InChI is InChI=1S/C10H11BrO2/c1-7-5-8(3-2-4-12)10(13)9(11)6-7/h4-6,13H,2-3H2,1H3. The Hall–Kier alpha value is -0.830. The summed E-state index contributed by atoms with van der Waals surface area (Å²) in [5, 5.41) is 9.59. The lowest BCUT2D eigenvalue weighted by Gasteiger charge is -2.05. The van der Waals surface area contributed by atoms with Crippen molar-refractivity contribution >= 4 is 22.2 Å². The van der Waals surface area contributed by atoms with Gasteiger partial charge in [-0.15, -0.1) is 0 Å². The molecular weight excluding hydrogens is 232 g/mol. The van der Waals surface area contributed by atoms with Crippen molar-refractivity contribution in [2.45, 2.75) is 19.8 Å². The molecule has 1 N–H and O–H groups in total. The van der Waals surface area contributed by atoms with Crippen molar-refractivity contribution in [1.29, 1.82) is 0 Å². The normalized spacial score (nSPS) is 10.0. The summed E-state index contributed by atoms with van der Waals surface area (Å²) in [6, 6.07) is 3.74. The lowest BCUT2D eigenvalue weighted by atomic mass is 10.1. The van der Waals surface area contributed by atoms with Crippen LogP contribution in [0.5, 0.6) is 5.75 Å². The SMILES string of the molecule is Cc1cc(Br)c(O)c(CCC=O)c1. The number of carbonyl (C=O) groups is 1. The third-order valence-electron chi connectivity index (χ3n) is 1.82. The molecule has 70 valence electrons. The monoisotopic (exact) mass is 242 g/mol. The number of phenols is 1. The maximum absolute atomic E-state index is 10.2. The van der Waals surface area contributed by atoms with Gasteiger partial charge in [-0.25, -0.2) is 0 Å². The second kappa shape index (κ2) is 4.42. The molecule has 3 heteroatoms. The van der Waals surface area contributed by atoms with E-state index >= 15 is 0 Å². The highest BCUT2D eigenvalue weighted by molar-refractivity contribution is 9.10. The molecule has 0 radical (unpaired) electrons. The Kier molecular flexibility index (Phi) is 3.48. The number of hydrogen-bond acceptors (Lipinski definition) is 2. The molecule has 0 spiro atoms. The number of halogens is 1. The highest BCUT2D eigenvalue weighted by Gasteiger charge is 2.05. The zero-order valence-electron chi connectivity index (χ0n) is 7.38. The molecule has 0 aliphatic rings. The molecular formula is C10H11BrO2. The van der Waals surface area contributed by atoms with Crippen molar-refractivity contribution in [2.24, 2.45) is 0 Å². The van der Waals surface area contributed by atoms with Gasteiger partial charge in [-0.05, 0) is 46.5 Å². The molecule has 0 aromatic heterocycles. The van der Waals surface area contributed by atoms with E-state index in [2.05, 4.69) is 15.9 Å². The second-order valence-corrected chi connectivity index (χ2v) is 3.81. The first-order valence-corrected chi connectivity index (χ1v) is 4.86. The highest BCUT2D eigenvalue weighted by atomic mass is 79.9. The topological polar surface area (TPSA) is 37.3 Å². The molecule has 0 bridgehead atoms. The van der Waals surface area contributed by atoms with Crippen LogP contribution in [0.25, 0.3) is 0 Å². The maximum Gasteiger partial charge on any atom is 0.132 e. The van der Waals surface area contributed by atoms with Gasteiger partial charge < -0.3 is 9.90 Å². The zero-order valence-corrected chi connectivity index (χ0v) is 8.97. The third-order valence-corrected chi connectivity index (χ3v) is 2.42. The minimum atomic E-state index is 0.243. The smallest absolute Gasteiger partial charge is 0.132 e. The van der Waals surface area contributed by atoms with Crippen LogP contribution in [0.15, 0.2) is 16.6 Å². The fourth-order valence-corrected chi connectivity index (χ4v) is 1.83. The van der Waals surface area contributed by atoms with Gasteiger partial charge in [0.15, 0.2) is 0 Å². The van der Waals surface area contributed by atoms with Crippen LogP contribution in [0.2, 0.25) is 0 Å². The van der Waals surface area contributed by atoms with Gasteiger partial charge in [0.25, 0.3) is 0 Å². The number of aromatic hydroxyl groups is 1. The summed E-state index contributed by atoms with van der Waals surface area (Å²) >= 11 is 3.25. The molecule has 0 fully saturated rings. The van der Waals surface area contributed by atoms with Crippen molar-refractivity contribution in [2.75, 3.05) is 0 Å². The minimum absolute atomic E-state index is 0.243. The molecule has 0 saturated heterocycles. The molecule has 0 aliphatic heterocycles. The van der Waals surface area contributed by atoms with Crippen LogP contribution in [0.1, 0.15) is 17.5 Å². The average molecular weight is 243 g/mol. The first-order chi connectivity index (χ1) is 6.15. The van der Waals surface area contributed by atoms with Crippen LogP contribution in [0.3, 0.4) is 0 Å². The van der Waals surface area contributed by atoms with Crippen molar-refractivity contribution in [3.05, 3.63) is 27.7 Å². The quantitative estimate of drug-likeness (QED) is 0.828. The van der Waals surface area contributed by atoms with E-state index in [0.29, 0.717) is 17.3 Å². The molecule has 1 rings (SSSR count). The van der Waals surface area contributed by atoms with Crippen molar-refractivity contribution in [3.63, 3.8) is 0 Å². The number of aryl methyl sites for hydroxylation is 2. The summed E-state index contributed by atoms with van der Waals surface area (Å²) in [6.07, 6.45) is 1.90. The number of aldehydes is 1. The summed E-state index contributed by atoms with van der Waals surface area (Å²) < 4.78 is 0.688.